The van der Waals surface area contributed by atoms with Crippen LogP contribution in [0.4, 0.5) is 0 Å². The first-order valence-corrected chi connectivity index (χ1v) is 6.12. The van der Waals surface area contributed by atoms with E-state index in [0.29, 0.717) is 4.88 Å². The van der Waals surface area contributed by atoms with Crippen LogP contribution in [0.3, 0.4) is 0 Å². The van der Waals surface area contributed by atoms with Gasteiger partial charge in [-0.05, 0) is 27.4 Å². The van der Waals surface area contributed by atoms with Crippen molar-refractivity contribution in [3.63, 3.8) is 0 Å². The number of hydrogen-bond donors (Lipinski definition) is 0. The van der Waals surface area contributed by atoms with E-state index >= 15 is 0 Å². The smallest absolute Gasteiger partial charge is 0.253 e. The monoisotopic (exact) mass is 298 g/mol. The van der Waals surface area contributed by atoms with Crippen LogP contribution in [0.25, 0.3) is 0 Å². The van der Waals surface area contributed by atoms with Crippen LogP contribution in [0.15, 0.2) is 39.3 Å². The minimum Gasteiger partial charge on any atom is -0.291 e. The van der Waals surface area contributed by atoms with E-state index in [2.05, 4.69) is 20.9 Å². The van der Waals surface area contributed by atoms with E-state index in [1.165, 1.54) is 34.5 Å². The predicted octanol–water partition coefficient (Wildman–Crippen LogP) is 1.95. The number of carbonyl (C=O) groups excluding carboxylic acids is 1. The summed E-state index contributed by atoms with van der Waals surface area (Å²) in [6, 6.07) is 3.14. The molecular weight excluding hydrogens is 292 g/mol. The Bertz CT molecular complexity index is 576. The first kappa shape index (κ1) is 11.2. The zero-order valence-electron chi connectivity index (χ0n) is 8.09. The maximum absolute atomic E-state index is 11.8. The third-order valence-electron chi connectivity index (χ3n) is 1.98. The molecule has 2 aromatic heterocycles. The summed E-state index contributed by atoms with van der Waals surface area (Å²) in [5.41, 5.74) is -0.226. The van der Waals surface area contributed by atoms with Crippen LogP contribution in [0.2, 0.25) is 0 Å². The largest absolute Gasteiger partial charge is 0.291 e. The van der Waals surface area contributed by atoms with Crippen molar-refractivity contribution < 1.29 is 4.79 Å². The number of halogens is 1. The van der Waals surface area contributed by atoms with Crippen molar-refractivity contribution in [1.82, 2.24) is 9.55 Å². The highest BCUT2D eigenvalue weighted by Crippen LogP contribution is 2.23. The minimum atomic E-state index is -0.226. The molecule has 0 fully saturated rings. The Kier molecular flexibility index (Phi) is 3.31. The lowest BCUT2D eigenvalue weighted by molar-refractivity contribution is 0.0973. The number of aromatic nitrogens is 2. The molecule has 0 aliphatic rings. The van der Waals surface area contributed by atoms with E-state index in [1.807, 2.05) is 11.4 Å². The molecular formula is C10H7BrN2O2S. The Morgan fingerprint density at radius 3 is 2.94 bits per heavy atom. The van der Waals surface area contributed by atoms with Crippen LogP contribution in [-0.2, 0) is 6.54 Å². The van der Waals surface area contributed by atoms with Crippen molar-refractivity contribution in [2.45, 2.75) is 6.54 Å². The zero-order valence-corrected chi connectivity index (χ0v) is 10.5. The maximum Gasteiger partial charge on any atom is 0.253 e. The molecule has 0 aromatic carbocycles. The van der Waals surface area contributed by atoms with Gasteiger partial charge in [-0.2, -0.15) is 0 Å². The molecule has 0 amide bonds. The molecule has 0 saturated carbocycles. The van der Waals surface area contributed by atoms with Gasteiger partial charge in [-0.25, -0.2) is 4.98 Å². The highest BCUT2D eigenvalue weighted by molar-refractivity contribution is 9.10. The van der Waals surface area contributed by atoms with Crippen LogP contribution < -0.4 is 5.56 Å². The SMILES string of the molecule is O=C(Cn1cnccc1=O)c1sccc1Br. The molecule has 6 heteroatoms. The molecule has 0 atom stereocenters. The standard InChI is InChI=1S/C10H7BrN2O2S/c11-7-2-4-16-10(7)8(14)5-13-6-12-3-1-9(13)15/h1-4,6H,5H2. The van der Waals surface area contributed by atoms with Crippen molar-refractivity contribution in [2.75, 3.05) is 0 Å². The van der Waals surface area contributed by atoms with Crippen molar-refractivity contribution in [2.24, 2.45) is 0 Å². The van der Waals surface area contributed by atoms with E-state index in [4.69, 9.17) is 0 Å². The summed E-state index contributed by atoms with van der Waals surface area (Å²) in [6.45, 7) is 0.0196. The topological polar surface area (TPSA) is 52.0 Å². The van der Waals surface area contributed by atoms with Crippen LogP contribution in [0.1, 0.15) is 9.67 Å². The quantitative estimate of drug-likeness (QED) is 0.814. The van der Waals surface area contributed by atoms with E-state index in [-0.39, 0.29) is 17.9 Å². The van der Waals surface area contributed by atoms with E-state index < -0.39 is 0 Å². The number of rotatable bonds is 3. The molecule has 0 spiro atoms. The van der Waals surface area contributed by atoms with Crippen molar-refractivity contribution in [3.8, 4) is 0 Å². The Labute approximate surface area is 104 Å². The van der Waals surface area contributed by atoms with Crippen LogP contribution in [-0.4, -0.2) is 15.3 Å². The molecule has 0 aliphatic heterocycles. The number of Topliss-reactive ketones (excluding diaryl/α,β-unsaturated/α-hetero) is 1. The molecule has 16 heavy (non-hydrogen) atoms. The molecule has 0 bridgehead atoms. The molecule has 0 radical (unpaired) electrons. The second-order valence-electron chi connectivity index (χ2n) is 3.07. The molecule has 0 saturated heterocycles. The van der Waals surface area contributed by atoms with Gasteiger partial charge in [0, 0.05) is 16.7 Å². The average Bonchev–Trinajstić information content (AvgIpc) is 2.68. The highest BCUT2D eigenvalue weighted by Gasteiger charge is 2.12. The van der Waals surface area contributed by atoms with Gasteiger partial charge in [-0.3, -0.25) is 14.2 Å². The van der Waals surface area contributed by atoms with Gasteiger partial charge in [0.1, 0.15) is 0 Å². The third kappa shape index (κ3) is 2.28. The number of nitrogens with zero attached hydrogens (tertiary/aromatic N) is 2. The molecule has 2 aromatic rings. The van der Waals surface area contributed by atoms with E-state index in [0.717, 1.165) is 4.47 Å². The second kappa shape index (κ2) is 4.71. The Balaban J connectivity index is 2.24. The Hall–Kier alpha value is -1.27. The van der Waals surface area contributed by atoms with Crippen molar-refractivity contribution in [1.29, 1.82) is 0 Å². The fraction of sp³-hybridized carbons (Fsp3) is 0.100. The van der Waals surface area contributed by atoms with Gasteiger partial charge < -0.3 is 0 Å². The molecule has 2 rings (SSSR count). The van der Waals surface area contributed by atoms with E-state index in [9.17, 15) is 9.59 Å². The first-order valence-electron chi connectivity index (χ1n) is 4.45. The van der Waals surface area contributed by atoms with Gasteiger partial charge in [-0.15, -0.1) is 11.3 Å². The summed E-state index contributed by atoms with van der Waals surface area (Å²) in [5.74, 6) is -0.100. The van der Waals surface area contributed by atoms with Gasteiger partial charge in [0.25, 0.3) is 5.56 Å². The van der Waals surface area contributed by atoms with Crippen molar-refractivity contribution in [3.05, 3.63) is 49.7 Å². The first-order chi connectivity index (χ1) is 7.68. The molecule has 0 unspecified atom stereocenters. The van der Waals surface area contributed by atoms with Gasteiger partial charge in [0.15, 0.2) is 5.78 Å². The Morgan fingerprint density at radius 1 is 1.50 bits per heavy atom. The van der Waals surface area contributed by atoms with E-state index in [1.54, 1.807) is 0 Å². The summed E-state index contributed by atoms with van der Waals surface area (Å²) < 4.78 is 2.05. The molecule has 0 aliphatic carbocycles. The summed E-state index contributed by atoms with van der Waals surface area (Å²) in [4.78, 5) is 27.6. The van der Waals surface area contributed by atoms with Gasteiger partial charge in [-0.1, -0.05) is 0 Å². The summed E-state index contributed by atoms with van der Waals surface area (Å²) in [6.07, 6.45) is 2.77. The molecule has 4 nitrogen and oxygen atoms in total. The van der Waals surface area contributed by atoms with Gasteiger partial charge >= 0.3 is 0 Å². The van der Waals surface area contributed by atoms with Crippen LogP contribution in [0.5, 0.6) is 0 Å². The number of thiophene rings is 1. The number of hydrogen-bond acceptors (Lipinski definition) is 4. The van der Waals surface area contributed by atoms with Crippen LogP contribution in [0, 0.1) is 0 Å². The Morgan fingerprint density at radius 2 is 2.31 bits per heavy atom. The number of ketones is 1. The summed E-state index contributed by atoms with van der Waals surface area (Å²) in [7, 11) is 0. The highest BCUT2D eigenvalue weighted by atomic mass is 79.9. The lowest BCUT2D eigenvalue weighted by atomic mass is 10.3. The average molecular weight is 299 g/mol. The normalized spacial score (nSPS) is 10.3. The summed E-state index contributed by atoms with van der Waals surface area (Å²) in [5, 5.41) is 1.82. The fourth-order valence-electron chi connectivity index (χ4n) is 1.22. The zero-order chi connectivity index (χ0) is 11.5. The lowest BCUT2D eigenvalue weighted by Crippen LogP contribution is -2.23. The number of carbonyl (C=O) groups is 1. The minimum absolute atomic E-state index is 0.0196. The molecule has 0 N–H and O–H groups in total. The predicted molar refractivity (Wildman–Crippen MR) is 64.8 cm³/mol. The van der Waals surface area contributed by atoms with Gasteiger partial charge in [0.2, 0.25) is 0 Å². The lowest BCUT2D eigenvalue weighted by Gasteiger charge is -2.02. The summed E-state index contributed by atoms with van der Waals surface area (Å²) >= 11 is 4.64. The van der Waals surface area contributed by atoms with Crippen molar-refractivity contribution >= 4 is 33.0 Å². The maximum atomic E-state index is 11.8. The molecule has 82 valence electrons. The molecule has 2 heterocycles. The van der Waals surface area contributed by atoms with Crippen LogP contribution >= 0.6 is 27.3 Å². The van der Waals surface area contributed by atoms with Gasteiger partial charge in [0.05, 0.1) is 17.7 Å². The second-order valence-corrected chi connectivity index (χ2v) is 4.84. The third-order valence-corrected chi connectivity index (χ3v) is 3.86. The fourth-order valence-corrected chi connectivity index (χ4v) is 2.74.